The van der Waals surface area contributed by atoms with E-state index in [0.29, 0.717) is 0 Å². The average Bonchev–Trinajstić information content (AvgIpc) is 1.96. The second-order valence-corrected chi connectivity index (χ2v) is 3.76. The van der Waals surface area contributed by atoms with Crippen molar-refractivity contribution in [2.45, 2.75) is 0 Å². The molecule has 0 fully saturated rings. The Morgan fingerprint density at radius 2 is 2.00 bits per heavy atom. The monoisotopic (exact) mass is 300 g/mol. The van der Waals surface area contributed by atoms with Gasteiger partial charge in [-0.15, -0.1) is 0 Å². The third-order valence-corrected chi connectivity index (χ3v) is 2.30. The highest BCUT2D eigenvalue weighted by Crippen LogP contribution is 2.15. The smallest absolute Gasteiger partial charge is 0.423 e. The van der Waals surface area contributed by atoms with Crippen LogP contribution in [0.1, 0.15) is 0 Å². The zero-order valence-electron chi connectivity index (χ0n) is 5.76. The summed E-state index contributed by atoms with van der Waals surface area (Å²) in [4.78, 5) is 0. The van der Waals surface area contributed by atoms with E-state index in [9.17, 15) is 4.39 Å². The molecule has 1 aromatic rings. The molecule has 0 aliphatic heterocycles. The van der Waals surface area contributed by atoms with Gasteiger partial charge < -0.3 is 10.0 Å². The molecule has 0 radical (unpaired) electrons. The number of rotatable bonds is 1. The maximum Gasteiger partial charge on any atom is 0.491 e. The lowest BCUT2D eigenvalue weighted by atomic mass is 9.80. The molecule has 0 aliphatic rings. The number of halogens is 3. The first kappa shape index (κ1) is 10.2. The van der Waals surface area contributed by atoms with E-state index in [1.807, 2.05) is 0 Å². The van der Waals surface area contributed by atoms with Gasteiger partial charge in [0.05, 0.1) is 0 Å². The Morgan fingerprint density at radius 1 is 1.42 bits per heavy atom. The van der Waals surface area contributed by atoms with E-state index < -0.39 is 12.9 Å². The van der Waals surface area contributed by atoms with Crippen molar-refractivity contribution < 1.29 is 14.4 Å². The fraction of sp³-hybridized carbons (Fsp3) is 0. The van der Waals surface area contributed by atoms with Crippen LogP contribution in [-0.2, 0) is 0 Å². The second kappa shape index (κ2) is 3.91. The fourth-order valence-electron chi connectivity index (χ4n) is 0.764. The van der Waals surface area contributed by atoms with E-state index in [0.717, 1.165) is 0 Å². The highest BCUT2D eigenvalue weighted by Gasteiger charge is 2.18. The third kappa shape index (κ3) is 2.10. The first-order chi connectivity index (χ1) is 5.52. The zero-order valence-corrected chi connectivity index (χ0v) is 8.67. The van der Waals surface area contributed by atoms with Crippen molar-refractivity contribution >= 4 is 46.8 Å². The Balaban J connectivity index is 3.28. The van der Waals surface area contributed by atoms with Crippen LogP contribution < -0.4 is 5.46 Å². The van der Waals surface area contributed by atoms with E-state index in [4.69, 9.17) is 21.6 Å². The highest BCUT2D eigenvalue weighted by atomic mass is 127. The quantitative estimate of drug-likeness (QED) is 0.457. The molecule has 0 bridgehead atoms. The van der Waals surface area contributed by atoms with Crippen LogP contribution in [0.5, 0.6) is 0 Å². The summed E-state index contributed by atoms with van der Waals surface area (Å²) in [5.74, 6) is -0.644. The molecule has 0 aromatic heterocycles. The van der Waals surface area contributed by atoms with Crippen molar-refractivity contribution in [1.29, 1.82) is 0 Å². The molecule has 0 unspecified atom stereocenters. The van der Waals surface area contributed by atoms with Gasteiger partial charge in [0, 0.05) is 14.1 Å². The molecular formula is C6H4BClFIO2. The van der Waals surface area contributed by atoms with E-state index in [2.05, 4.69) is 0 Å². The summed E-state index contributed by atoms with van der Waals surface area (Å²) in [5, 5.41) is 17.7. The van der Waals surface area contributed by atoms with Gasteiger partial charge in [-0.2, -0.15) is 0 Å². The summed E-state index contributed by atoms with van der Waals surface area (Å²) >= 11 is 7.30. The molecule has 0 aliphatic carbocycles. The molecule has 0 spiro atoms. The summed E-state index contributed by atoms with van der Waals surface area (Å²) in [7, 11) is -1.82. The summed E-state index contributed by atoms with van der Waals surface area (Å²) < 4.78 is 13.3. The Labute approximate surface area is 87.6 Å². The molecule has 1 rings (SSSR count). The average molecular weight is 300 g/mol. The summed E-state index contributed by atoms with van der Waals surface area (Å²) in [6.07, 6.45) is 0. The van der Waals surface area contributed by atoms with Crippen molar-refractivity contribution in [3.05, 3.63) is 26.5 Å². The van der Waals surface area contributed by atoms with E-state index in [-0.39, 0.29) is 14.1 Å². The molecule has 0 saturated carbocycles. The van der Waals surface area contributed by atoms with Gasteiger partial charge in [0.15, 0.2) is 0 Å². The lowest BCUT2D eigenvalue weighted by Crippen LogP contribution is -2.33. The van der Waals surface area contributed by atoms with Crippen LogP contribution in [0.15, 0.2) is 12.1 Å². The minimum absolute atomic E-state index is 0.202. The van der Waals surface area contributed by atoms with Gasteiger partial charge in [-0.25, -0.2) is 4.39 Å². The topological polar surface area (TPSA) is 40.5 Å². The van der Waals surface area contributed by atoms with E-state index in [1.54, 1.807) is 22.6 Å². The van der Waals surface area contributed by atoms with Gasteiger partial charge >= 0.3 is 7.12 Å². The van der Waals surface area contributed by atoms with Crippen molar-refractivity contribution in [3.63, 3.8) is 0 Å². The van der Waals surface area contributed by atoms with Gasteiger partial charge in [-0.3, -0.25) is 0 Å². The first-order valence-corrected chi connectivity index (χ1v) is 4.48. The first-order valence-electron chi connectivity index (χ1n) is 3.03. The summed E-state index contributed by atoms with van der Waals surface area (Å²) in [6.45, 7) is 0. The van der Waals surface area contributed by atoms with Crippen LogP contribution in [-0.4, -0.2) is 17.2 Å². The number of benzene rings is 1. The molecule has 0 amide bonds. The van der Waals surface area contributed by atoms with Crippen LogP contribution in [0.2, 0.25) is 5.02 Å². The van der Waals surface area contributed by atoms with Crippen LogP contribution in [0.3, 0.4) is 0 Å². The Kier molecular flexibility index (Phi) is 3.33. The molecule has 1 aromatic carbocycles. The molecule has 64 valence electrons. The third-order valence-electron chi connectivity index (χ3n) is 1.30. The minimum Gasteiger partial charge on any atom is -0.423 e. The lowest BCUT2D eigenvalue weighted by Gasteiger charge is -2.03. The lowest BCUT2D eigenvalue weighted by molar-refractivity contribution is 0.423. The second-order valence-electron chi connectivity index (χ2n) is 2.16. The largest absolute Gasteiger partial charge is 0.491 e. The van der Waals surface area contributed by atoms with Crippen LogP contribution in [0.4, 0.5) is 4.39 Å². The predicted octanol–water partition coefficient (Wildman–Crippen LogP) is 0.764. The molecular weight excluding hydrogens is 296 g/mol. The number of hydrogen-bond donors (Lipinski definition) is 2. The Hall–Kier alpha value is 0.155. The van der Waals surface area contributed by atoms with E-state index >= 15 is 0 Å². The van der Waals surface area contributed by atoms with Crippen molar-refractivity contribution in [1.82, 2.24) is 0 Å². The minimum atomic E-state index is -1.82. The summed E-state index contributed by atoms with van der Waals surface area (Å²) in [5.41, 5.74) is -0.202. The normalized spacial score (nSPS) is 10.1. The predicted molar refractivity (Wildman–Crippen MR) is 54.0 cm³/mol. The van der Waals surface area contributed by atoms with Crippen LogP contribution >= 0.6 is 34.2 Å². The van der Waals surface area contributed by atoms with Gasteiger partial charge in [0.1, 0.15) is 5.82 Å². The van der Waals surface area contributed by atoms with Crippen LogP contribution in [0.25, 0.3) is 0 Å². The summed E-state index contributed by atoms with van der Waals surface area (Å²) in [6, 6.07) is 2.59. The molecule has 0 heterocycles. The standard InChI is InChI=1S/C6H4BClFIO2/c8-3-1-4(7(11)12)6(9)5(10)2-3/h1-2,11-12H. The maximum absolute atomic E-state index is 13.0. The zero-order chi connectivity index (χ0) is 9.30. The molecule has 6 heteroatoms. The van der Waals surface area contributed by atoms with E-state index in [1.165, 1.54) is 12.1 Å². The number of hydrogen-bond acceptors (Lipinski definition) is 2. The van der Waals surface area contributed by atoms with Gasteiger partial charge in [-0.1, -0.05) is 11.6 Å². The van der Waals surface area contributed by atoms with Crippen molar-refractivity contribution in [3.8, 4) is 0 Å². The Morgan fingerprint density at radius 3 is 2.50 bits per heavy atom. The van der Waals surface area contributed by atoms with Gasteiger partial charge in [0.25, 0.3) is 0 Å². The Bertz CT molecular complexity index is 308. The SMILES string of the molecule is OB(O)c1cc(Cl)cc(I)c1F. The molecule has 12 heavy (non-hydrogen) atoms. The van der Waals surface area contributed by atoms with Crippen molar-refractivity contribution in [2.24, 2.45) is 0 Å². The fourth-order valence-corrected chi connectivity index (χ4v) is 1.82. The van der Waals surface area contributed by atoms with Crippen LogP contribution in [0, 0.1) is 9.39 Å². The highest BCUT2D eigenvalue weighted by molar-refractivity contribution is 14.1. The van der Waals surface area contributed by atoms with Gasteiger partial charge in [-0.05, 0) is 34.7 Å². The molecule has 2 nitrogen and oxygen atoms in total. The maximum atomic E-state index is 13.0. The molecule has 0 saturated heterocycles. The molecule has 0 atom stereocenters. The van der Waals surface area contributed by atoms with Crippen molar-refractivity contribution in [2.75, 3.05) is 0 Å². The van der Waals surface area contributed by atoms with Gasteiger partial charge in [0.2, 0.25) is 0 Å². The molecule has 2 N–H and O–H groups in total.